The molecular formula is C13H10BrClN2O4S. The molecule has 0 bridgehead atoms. The van der Waals surface area contributed by atoms with Crippen molar-refractivity contribution in [3.63, 3.8) is 0 Å². The van der Waals surface area contributed by atoms with Crippen LogP contribution in [0.4, 0.5) is 5.69 Å². The van der Waals surface area contributed by atoms with Gasteiger partial charge < -0.3 is 14.6 Å². The van der Waals surface area contributed by atoms with Gasteiger partial charge in [-0.2, -0.15) is 0 Å². The Hall–Kier alpha value is -1.64. The van der Waals surface area contributed by atoms with Crippen LogP contribution in [0.15, 0.2) is 39.8 Å². The van der Waals surface area contributed by atoms with Crippen LogP contribution in [-0.2, 0) is 15.7 Å². The minimum Gasteiger partial charge on any atom is -0.507 e. The van der Waals surface area contributed by atoms with E-state index in [2.05, 4.69) is 30.4 Å². The van der Waals surface area contributed by atoms with Crippen molar-refractivity contribution in [2.75, 3.05) is 11.8 Å². The minimum atomic E-state index is -1.61. The number of carbonyl (C=O) groups excluding carboxylic acids is 1. The molecule has 0 saturated heterocycles. The van der Waals surface area contributed by atoms with Crippen molar-refractivity contribution in [2.24, 2.45) is 0 Å². The number of anilines is 1. The highest BCUT2D eigenvalue weighted by molar-refractivity contribution is 9.10. The van der Waals surface area contributed by atoms with Crippen molar-refractivity contribution in [1.29, 1.82) is 0 Å². The molecule has 1 heterocycles. The lowest BCUT2D eigenvalue weighted by molar-refractivity contribution is 0.0597. The van der Waals surface area contributed by atoms with E-state index >= 15 is 0 Å². The zero-order valence-electron chi connectivity index (χ0n) is 11.2. The Kier molecular flexibility index (Phi) is 5.38. The Labute approximate surface area is 142 Å². The minimum absolute atomic E-state index is 0.0229. The van der Waals surface area contributed by atoms with Crippen molar-refractivity contribution < 1.29 is 18.8 Å². The number of phenols is 1. The van der Waals surface area contributed by atoms with Crippen molar-refractivity contribution in [2.45, 2.75) is 4.90 Å². The predicted molar refractivity (Wildman–Crippen MR) is 86.4 cm³/mol. The number of aromatic hydroxyl groups is 1. The molecule has 2 aromatic rings. The summed E-state index contributed by atoms with van der Waals surface area (Å²) in [6.45, 7) is 0. The zero-order valence-corrected chi connectivity index (χ0v) is 14.3. The first kappa shape index (κ1) is 16.7. The Bertz CT molecular complexity index is 757. The molecule has 22 heavy (non-hydrogen) atoms. The first-order chi connectivity index (χ1) is 10.4. The SMILES string of the molecule is COC(=O)c1ccc(NS(=O)c2cnc(Cl)c(Br)c2)cc1O. The number of rotatable bonds is 4. The summed E-state index contributed by atoms with van der Waals surface area (Å²) in [6.07, 6.45) is 1.37. The van der Waals surface area contributed by atoms with Gasteiger partial charge in [-0.25, -0.2) is 14.0 Å². The van der Waals surface area contributed by atoms with Crippen LogP contribution < -0.4 is 4.72 Å². The highest BCUT2D eigenvalue weighted by Crippen LogP contribution is 2.25. The number of ether oxygens (including phenoxy) is 1. The molecule has 1 unspecified atom stereocenters. The number of hydrogen-bond acceptors (Lipinski definition) is 5. The standard InChI is InChI=1S/C13H10BrClN2O4S/c1-21-13(19)9-3-2-7(4-11(9)18)17-22(20)8-5-10(14)12(15)16-6-8/h2-6,17-18H,1H3. The van der Waals surface area contributed by atoms with Crippen molar-refractivity contribution >= 4 is 50.2 Å². The van der Waals surface area contributed by atoms with Gasteiger partial charge in [-0.05, 0) is 34.1 Å². The number of nitrogens with one attached hydrogen (secondary N) is 1. The lowest BCUT2D eigenvalue weighted by atomic mass is 10.2. The second-order valence-corrected chi connectivity index (χ2v) is 6.46. The third-order valence-electron chi connectivity index (χ3n) is 2.60. The molecule has 2 rings (SSSR count). The fraction of sp³-hybridized carbons (Fsp3) is 0.0769. The van der Waals surface area contributed by atoms with Crippen LogP contribution in [0, 0.1) is 0 Å². The van der Waals surface area contributed by atoms with E-state index < -0.39 is 17.0 Å². The first-order valence-electron chi connectivity index (χ1n) is 5.83. The molecule has 0 spiro atoms. The molecule has 116 valence electrons. The maximum Gasteiger partial charge on any atom is 0.341 e. The fourth-order valence-electron chi connectivity index (χ4n) is 1.55. The number of nitrogens with zero attached hydrogens (tertiary/aromatic N) is 1. The van der Waals surface area contributed by atoms with Gasteiger partial charge >= 0.3 is 5.97 Å². The average Bonchev–Trinajstić information content (AvgIpc) is 2.49. The van der Waals surface area contributed by atoms with E-state index in [4.69, 9.17) is 11.6 Å². The van der Waals surface area contributed by atoms with E-state index in [1.54, 1.807) is 6.07 Å². The molecule has 0 aliphatic heterocycles. The van der Waals surface area contributed by atoms with Crippen LogP contribution in [0.1, 0.15) is 10.4 Å². The normalized spacial score (nSPS) is 11.8. The summed E-state index contributed by atoms with van der Waals surface area (Å²) in [7, 11) is -0.392. The first-order valence-corrected chi connectivity index (χ1v) is 8.15. The monoisotopic (exact) mass is 404 g/mol. The average molecular weight is 406 g/mol. The molecule has 0 aliphatic carbocycles. The summed E-state index contributed by atoms with van der Waals surface area (Å²) in [6, 6.07) is 5.72. The number of pyridine rings is 1. The van der Waals surface area contributed by atoms with Gasteiger partial charge in [-0.3, -0.25) is 0 Å². The summed E-state index contributed by atoms with van der Waals surface area (Å²) < 4.78 is 19.9. The summed E-state index contributed by atoms with van der Waals surface area (Å²) in [4.78, 5) is 15.6. The second-order valence-electron chi connectivity index (χ2n) is 4.04. The number of esters is 1. The summed E-state index contributed by atoms with van der Waals surface area (Å²) in [5.74, 6) is -0.930. The van der Waals surface area contributed by atoms with E-state index in [-0.39, 0.29) is 16.5 Å². The van der Waals surface area contributed by atoms with Crippen molar-refractivity contribution in [3.05, 3.63) is 45.7 Å². The molecule has 0 radical (unpaired) electrons. The van der Waals surface area contributed by atoms with Gasteiger partial charge in [0.05, 0.1) is 22.2 Å². The van der Waals surface area contributed by atoms with Crippen LogP contribution in [0.2, 0.25) is 5.15 Å². The predicted octanol–water partition coefficient (Wildman–Crippen LogP) is 3.12. The van der Waals surface area contributed by atoms with E-state index in [1.165, 1.54) is 31.5 Å². The number of aromatic nitrogens is 1. The van der Waals surface area contributed by atoms with Gasteiger partial charge in [0, 0.05) is 12.3 Å². The number of benzene rings is 1. The summed E-state index contributed by atoms with van der Waals surface area (Å²) in [5.41, 5.74) is 0.393. The van der Waals surface area contributed by atoms with Crippen molar-refractivity contribution in [1.82, 2.24) is 4.98 Å². The van der Waals surface area contributed by atoms with Crippen LogP contribution in [0.25, 0.3) is 0 Å². The molecule has 1 aromatic heterocycles. The molecule has 1 atom stereocenters. The van der Waals surface area contributed by atoms with Crippen LogP contribution in [0.3, 0.4) is 0 Å². The fourth-order valence-corrected chi connectivity index (χ4v) is 2.98. The molecule has 0 aliphatic rings. The third-order valence-corrected chi connectivity index (χ3v) is 4.81. The molecule has 0 fully saturated rings. The number of carbonyl (C=O) groups is 1. The molecule has 1 aromatic carbocycles. The maximum absolute atomic E-state index is 12.2. The van der Waals surface area contributed by atoms with Crippen molar-refractivity contribution in [3.8, 4) is 5.75 Å². The van der Waals surface area contributed by atoms with Gasteiger partial charge in [0.25, 0.3) is 0 Å². The lowest BCUT2D eigenvalue weighted by Gasteiger charge is -2.09. The molecular weight excluding hydrogens is 396 g/mol. The lowest BCUT2D eigenvalue weighted by Crippen LogP contribution is -2.06. The molecule has 9 heteroatoms. The van der Waals surface area contributed by atoms with E-state index in [1.807, 2.05) is 0 Å². The number of methoxy groups -OCH3 is 1. The molecule has 6 nitrogen and oxygen atoms in total. The van der Waals surface area contributed by atoms with Crippen LogP contribution in [0.5, 0.6) is 5.75 Å². The Morgan fingerprint density at radius 2 is 2.18 bits per heavy atom. The number of hydrogen-bond donors (Lipinski definition) is 2. The summed E-state index contributed by atoms with van der Waals surface area (Å²) in [5, 5.41) is 10.0. The topological polar surface area (TPSA) is 88.5 Å². The van der Waals surface area contributed by atoms with Crippen LogP contribution in [-0.4, -0.2) is 27.4 Å². The van der Waals surface area contributed by atoms with E-state index in [0.717, 1.165) is 0 Å². The van der Waals surface area contributed by atoms with Gasteiger partial charge in [-0.1, -0.05) is 11.6 Å². The van der Waals surface area contributed by atoms with E-state index in [0.29, 0.717) is 15.1 Å². The van der Waals surface area contributed by atoms with Gasteiger partial charge in [0.15, 0.2) is 11.0 Å². The smallest absolute Gasteiger partial charge is 0.341 e. The van der Waals surface area contributed by atoms with Gasteiger partial charge in [-0.15, -0.1) is 0 Å². The third kappa shape index (κ3) is 3.76. The zero-order chi connectivity index (χ0) is 16.3. The van der Waals surface area contributed by atoms with Crippen LogP contribution >= 0.6 is 27.5 Å². The Morgan fingerprint density at radius 3 is 2.77 bits per heavy atom. The molecule has 2 N–H and O–H groups in total. The highest BCUT2D eigenvalue weighted by atomic mass is 79.9. The summed E-state index contributed by atoms with van der Waals surface area (Å²) >= 11 is 8.97. The number of halogens is 2. The molecule has 0 saturated carbocycles. The molecule has 0 amide bonds. The number of phenolic OH excluding ortho intramolecular Hbond substituents is 1. The Balaban J connectivity index is 2.20. The largest absolute Gasteiger partial charge is 0.507 e. The van der Waals surface area contributed by atoms with Gasteiger partial charge in [0.2, 0.25) is 0 Å². The maximum atomic E-state index is 12.2. The van der Waals surface area contributed by atoms with E-state index in [9.17, 15) is 14.1 Å². The second kappa shape index (κ2) is 7.08. The quantitative estimate of drug-likeness (QED) is 0.603. The Morgan fingerprint density at radius 1 is 1.45 bits per heavy atom. The highest BCUT2D eigenvalue weighted by Gasteiger charge is 2.13. The van der Waals surface area contributed by atoms with Gasteiger partial charge in [0.1, 0.15) is 16.5 Å².